The minimum atomic E-state index is -3.35. The zero-order chi connectivity index (χ0) is 14.6. The molecule has 2 rings (SSSR count). The van der Waals surface area contributed by atoms with E-state index in [0.717, 1.165) is 0 Å². The molecule has 20 heavy (non-hydrogen) atoms. The fourth-order valence-electron chi connectivity index (χ4n) is 1.53. The molecule has 0 saturated heterocycles. The average Bonchev–Trinajstić information content (AvgIpc) is 2.39. The third kappa shape index (κ3) is 3.43. The highest BCUT2D eigenvalue weighted by molar-refractivity contribution is 7.56. The maximum absolute atomic E-state index is 13.1. The van der Waals surface area contributed by atoms with Crippen molar-refractivity contribution in [3.05, 3.63) is 60.7 Å². The molecule has 0 heterocycles. The summed E-state index contributed by atoms with van der Waals surface area (Å²) in [6, 6.07) is 18.2. The summed E-state index contributed by atoms with van der Waals surface area (Å²) >= 11 is 0. The molecule has 0 aliphatic rings. The zero-order valence-electron chi connectivity index (χ0n) is 11.9. The van der Waals surface area contributed by atoms with Crippen LogP contribution in [-0.4, -0.2) is 5.16 Å². The van der Waals surface area contributed by atoms with Gasteiger partial charge in [0.15, 0.2) is 0 Å². The van der Waals surface area contributed by atoms with Crippen LogP contribution in [0.1, 0.15) is 20.8 Å². The second kappa shape index (κ2) is 5.72. The normalized spacial score (nSPS) is 11.9. The standard InChI is InChI=1S/C16H19O3P/c1-16(2,3)20(17,18-14-10-6-4-7-11-14)19-15-12-8-5-9-13-15/h4-13H,1-3H3. The molecule has 0 N–H and O–H groups in total. The van der Waals surface area contributed by atoms with Gasteiger partial charge in [-0.3, -0.25) is 0 Å². The van der Waals surface area contributed by atoms with E-state index in [1.54, 1.807) is 24.3 Å². The van der Waals surface area contributed by atoms with Crippen molar-refractivity contribution in [3.63, 3.8) is 0 Å². The molecule has 0 unspecified atom stereocenters. The van der Waals surface area contributed by atoms with Gasteiger partial charge < -0.3 is 9.05 Å². The van der Waals surface area contributed by atoms with E-state index in [0.29, 0.717) is 11.5 Å². The van der Waals surface area contributed by atoms with Gasteiger partial charge >= 0.3 is 7.60 Å². The molecule has 0 fully saturated rings. The molecule has 0 aliphatic heterocycles. The minimum absolute atomic E-state index is 0.543. The van der Waals surface area contributed by atoms with Gasteiger partial charge in [-0.2, -0.15) is 0 Å². The third-order valence-corrected chi connectivity index (χ3v) is 5.30. The molecule has 3 nitrogen and oxygen atoms in total. The molecule has 0 radical (unpaired) electrons. The lowest BCUT2D eigenvalue weighted by molar-refractivity contribution is 0.356. The zero-order valence-corrected chi connectivity index (χ0v) is 12.8. The van der Waals surface area contributed by atoms with Gasteiger partial charge in [0.25, 0.3) is 0 Å². The maximum atomic E-state index is 13.1. The van der Waals surface area contributed by atoms with Crippen LogP contribution >= 0.6 is 7.60 Å². The third-order valence-electron chi connectivity index (χ3n) is 2.76. The first-order chi connectivity index (χ1) is 9.41. The molecular weight excluding hydrogens is 271 g/mol. The second-order valence-electron chi connectivity index (χ2n) is 5.48. The van der Waals surface area contributed by atoms with Gasteiger partial charge in [-0.15, -0.1) is 0 Å². The van der Waals surface area contributed by atoms with Crippen LogP contribution in [0.25, 0.3) is 0 Å². The van der Waals surface area contributed by atoms with E-state index < -0.39 is 12.8 Å². The summed E-state index contributed by atoms with van der Waals surface area (Å²) < 4.78 is 24.5. The Morgan fingerprint density at radius 2 is 1.10 bits per heavy atom. The Kier molecular flexibility index (Phi) is 4.20. The van der Waals surface area contributed by atoms with Crippen molar-refractivity contribution in [1.82, 2.24) is 0 Å². The smallest absolute Gasteiger partial charge is 0.416 e. The molecule has 0 amide bonds. The van der Waals surface area contributed by atoms with Crippen molar-refractivity contribution in [2.24, 2.45) is 0 Å². The van der Waals surface area contributed by atoms with E-state index in [9.17, 15) is 4.57 Å². The van der Waals surface area contributed by atoms with Crippen molar-refractivity contribution >= 4 is 7.60 Å². The Labute approximate surface area is 120 Å². The monoisotopic (exact) mass is 290 g/mol. The summed E-state index contributed by atoms with van der Waals surface area (Å²) in [4.78, 5) is 0. The first-order valence-electron chi connectivity index (χ1n) is 6.50. The average molecular weight is 290 g/mol. The summed E-state index contributed by atoms with van der Waals surface area (Å²) in [5.74, 6) is 1.09. The summed E-state index contributed by atoms with van der Waals surface area (Å²) in [5, 5.41) is -0.626. The maximum Gasteiger partial charge on any atom is 0.435 e. The van der Waals surface area contributed by atoms with Crippen molar-refractivity contribution in [2.45, 2.75) is 25.9 Å². The molecule has 0 aromatic heterocycles. The lowest BCUT2D eigenvalue weighted by Gasteiger charge is -2.30. The van der Waals surface area contributed by atoms with Gasteiger partial charge in [-0.05, 0) is 45.0 Å². The van der Waals surface area contributed by atoms with Crippen LogP contribution < -0.4 is 9.05 Å². The molecule has 0 atom stereocenters. The number of para-hydroxylation sites is 2. The summed E-state index contributed by atoms with van der Waals surface area (Å²) in [7, 11) is -3.35. The highest BCUT2D eigenvalue weighted by Crippen LogP contribution is 2.58. The van der Waals surface area contributed by atoms with Crippen LogP contribution in [0.3, 0.4) is 0 Å². The van der Waals surface area contributed by atoms with E-state index in [2.05, 4.69) is 0 Å². The van der Waals surface area contributed by atoms with Crippen molar-refractivity contribution in [3.8, 4) is 11.5 Å². The molecule has 0 saturated carbocycles. The number of hydrogen-bond acceptors (Lipinski definition) is 3. The van der Waals surface area contributed by atoms with Crippen LogP contribution in [-0.2, 0) is 4.57 Å². The molecular formula is C16H19O3P. The Bertz CT molecular complexity index is 543. The molecule has 0 spiro atoms. The van der Waals surface area contributed by atoms with E-state index in [1.807, 2.05) is 57.2 Å². The Hall–Kier alpha value is -1.73. The summed E-state index contributed by atoms with van der Waals surface area (Å²) in [6.45, 7) is 5.54. The topological polar surface area (TPSA) is 35.5 Å². The lowest BCUT2D eigenvalue weighted by Crippen LogP contribution is -2.22. The van der Waals surface area contributed by atoms with Crippen LogP contribution in [0.4, 0.5) is 0 Å². The van der Waals surface area contributed by atoms with E-state index >= 15 is 0 Å². The van der Waals surface area contributed by atoms with Crippen molar-refractivity contribution < 1.29 is 13.6 Å². The summed E-state index contributed by atoms with van der Waals surface area (Å²) in [5.41, 5.74) is 0. The number of benzene rings is 2. The summed E-state index contributed by atoms with van der Waals surface area (Å²) in [6.07, 6.45) is 0. The van der Waals surface area contributed by atoms with Crippen LogP contribution in [0.5, 0.6) is 11.5 Å². The van der Waals surface area contributed by atoms with Crippen molar-refractivity contribution in [1.29, 1.82) is 0 Å². The van der Waals surface area contributed by atoms with Gasteiger partial charge in [0, 0.05) is 0 Å². The van der Waals surface area contributed by atoms with Crippen LogP contribution in [0.15, 0.2) is 60.7 Å². The van der Waals surface area contributed by atoms with Gasteiger partial charge in [0.1, 0.15) is 11.5 Å². The number of rotatable bonds is 4. The predicted molar refractivity (Wildman–Crippen MR) is 81.5 cm³/mol. The first-order valence-corrected chi connectivity index (χ1v) is 8.04. The lowest BCUT2D eigenvalue weighted by atomic mass is 10.3. The van der Waals surface area contributed by atoms with E-state index in [1.165, 1.54) is 0 Å². The SMILES string of the molecule is CC(C)(C)P(=O)(Oc1ccccc1)Oc1ccccc1. The van der Waals surface area contributed by atoms with E-state index in [-0.39, 0.29) is 0 Å². The Morgan fingerprint density at radius 3 is 1.40 bits per heavy atom. The van der Waals surface area contributed by atoms with E-state index in [4.69, 9.17) is 9.05 Å². The quantitative estimate of drug-likeness (QED) is 0.732. The largest absolute Gasteiger partial charge is 0.435 e. The fraction of sp³-hybridized carbons (Fsp3) is 0.250. The Morgan fingerprint density at radius 1 is 0.750 bits per heavy atom. The number of hydrogen-bond donors (Lipinski definition) is 0. The fourth-order valence-corrected chi connectivity index (χ4v) is 2.92. The van der Waals surface area contributed by atoms with Gasteiger partial charge in [-0.1, -0.05) is 36.4 Å². The van der Waals surface area contributed by atoms with Crippen LogP contribution in [0.2, 0.25) is 0 Å². The van der Waals surface area contributed by atoms with Crippen LogP contribution in [0, 0.1) is 0 Å². The molecule has 2 aromatic carbocycles. The molecule has 106 valence electrons. The van der Waals surface area contributed by atoms with Gasteiger partial charge in [0.2, 0.25) is 0 Å². The molecule has 4 heteroatoms. The molecule has 0 aliphatic carbocycles. The highest BCUT2D eigenvalue weighted by atomic mass is 31.2. The first kappa shape index (κ1) is 14.7. The Balaban J connectivity index is 2.30. The predicted octanol–water partition coefficient (Wildman–Crippen LogP) is 5.14. The molecule has 2 aromatic rings. The van der Waals surface area contributed by atoms with Crippen molar-refractivity contribution in [2.75, 3.05) is 0 Å². The minimum Gasteiger partial charge on any atom is -0.416 e. The highest BCUT2D eigenvalue weighted by Gasteiger charge is 2.43. The van der Waals surface area contributed by atoms with Gasteiger partial charge in [-0.25, -0.2) is 4.57 Å². The second-order valence-corrected chi connectivity index (χ2v) is 8.18. The molecule has 0 bridgehead atoms. The van der Waals surface area contributed by atoms with Gasteiger partial charge in [0.05, 0.1) is 5.16 Å².